The zero-order valence-corrected chi connectivity index (χ0v) is 16.4. The van der Waals surface area contributed by atoms with Gasteiger partial charge in [-0.3, -0.25) is 4.79 Å². The number of nitrogens with zero attached hydrogens (tertiary/aromatic N) is 1. The van der Waals surface area contributed by atoms with Crippen LogP contribution in [0.25, 0.3) is 10.8 Å². The van der Waals surface area contributed by atoms with Gasteiger partial charge in [-0.15, -0.1) is 0 Å². The van der Waals surface area contributed by atoms with Crippen molar-refractivity contribution in [2.24, 2.45) is 0 Å². The van der Waals surface area contributed by atoms with Gasteiger partial charge >= 0.3 is 0 Å². The molecule has 0 bridgehead atoms. The van der Waals surface area contributed by atoms with E-state index in [2.05, 4.69) is 30.3 Å². The van der Waals surface area contributed by atoms with Crippen molar-refractivity contribution in [2.45, 2.75) is 31.8 Å². The topological polar surface area (TPSA) is 38.8 Å². The lowest BCUT2D eigenvalue weighted by Gasteiger charge is -2.37. The third kappa shape index (κ3) is 3.42. The number of hydrogen-bond acceptors (Lipinski definition) is 3. The minimum absolute atomic E-state index is 0.0566. The molecule has 0 aliphatic carbocycles. The maximum atomic E-state index is 12.9. The van der Waals surface area contributed by atoms with E-state index in [1.807, 2.05) is 35.2 Å². The first kappa shape index (κ1) is 18.4. The number of hydrogen-bond donors (Lipinski definition) is 0. The van der Waals surface area contributed by atoms with Gasteiger partial charge in [-0.2, -0.15) is 0 Å². The smallest absolute Gasteiger partial charge is 0.223 e. The number of fused-ring (bicyclic) bond motifs is 1. The van der Waals surface area contributed by atoms with Crippen molar-refractivity contribution in [1.29, 1.82) is 0 Å². The first-order chi connectivity index (χ1) is 13.7. The summed E-state index contributed by atoms with van der Waals surface area (Å²) in [4.78, 5) is 14.9. The molecule has 0 radical (unpaired) electrons. The van der Waals surface area contributed by atoms with Gasteiger partial charge in [0.05, 0.1) is 25.8 Å². The van der Waals surface area contributed by atoms with Gasteiger partial charge in [0.25, 0.3) is 0 Å². The van der Waals surface area contributed by atoms with Crippen molar-refractivity contribution in [3.05, 3.63) is 71.8 Å². The van der Waals surface area contributed by atoms with E-state index in [9.17, 15) is 4.79 Å². The molecule has 1 saturated heterocycles. The van der Waals surface area contributed by atoms with Crippen LogP contribution in [0.1, 0.15) is 36.4 Å². The highest BCUT2D eigenvalue weighted by molar-refractivity contribution is 5.83. The Kier molecular flexibility index (Phi) is 5.20. The van der Waals surface area contributed by atoms with Gasteiger partial charge in [0.2, 0.25) is 5.91 Å². The number of amides is 1. The molecule has 1 amide bonds. The van der Waals surface area contributed by atoms with Crippen molar-refractivity contribution in [3.63, 3.8) is 0 Å². The summed E-state index contributed by atoms with van der Waals surface area (Å²) in [5, 5.41) is 2.40. The highest BCUT2D eigenvalue weighted by Gasteiger charge is 2.33. The van der Waals surface area contributed by atoms with Crippen molar-refractivity contribution in [1.82, 2.24) is 4.90 Å². The summed E-state index contributed by atoms with van der Waals surface area (Å²) >= 11 is 0. The molecule has 0 N–H and O–H groups in total. The van der Waals surface area contributed by atoms with Crippen molar-refractivity contribution in [2.75, 3.05) is 14.2 Å². The van der Waals surface area contributed by atoms with Crippen LogP contribution in [0, 0.1) is 0 Å². The Balaban J connectivity index is 1.72. The van der Waals surface area contributed by atoms with Crippen LogP contribution in [0.5, 0.6) is 11.5 Å². The first-order valence-electron chi connectivity index (χ1n) is 9.69. The summed E-state index contributed by atoms with van der Waals surface area (Å²) in [6.07, 6.45) is 2.36. The number of methoxy groups -OCH3 is 2. The summed E-state index contributed by atoms with van der Waals surface area (Å²) in [6.45, 7) is 0.579. The summed E-state index contributed by atoms with van der Waals surface area (Å²) < 4.78 is 11.2. The number of rotatable bonds is 5. The molecular formula is C24H25NO3. The third-order valence-corrected chi connectivity index (χ3v) is 5.53. The van der Waals surface area contributed by atoms with E-state index in [4.69, 9.17) is 9.47 Å². The minimum atomic E-state index is -0.0566. The van der Waals surface area contributed by atoms with E-state index in [1.165, 1.54) is 10.8 Å². The van der Waals surface area contributed by atoms with Crippen LogP contribution in [0.3, 0.4) is 0 Å². The summed E-state index contributed by atoms with van der Waals surface area (Å²) in [5.41, 5.74) is 2.09. The molecule has 4 heteroatoms. The average molecular weight is 375 g/mol. The molecule has 144 valence electrons. The highest BCUT2D eigenvalue weighted by Crippen LogP contribution is 2.42. The van der Waals surface area contributed by atoms with Crippen LogP contribution in [-0.2, 0) is 11.3 Å². The largest absolute Gasteiger partial charge is 0.496 e. The molecule has 4 nitrogen and oxygen atoms in total. The Hall–Kier alpha value is -3.01. The average Bonchev–Trinajstić information content (AvgIpc) is 2.74. The molecule has 1 fully saturated rings. The van der Waals surface area contributed by atoms with Gasteiger partial charge in [-0.25, -0.2) is 0 Å². The van der Waals surface area contributed by atoms with E-state index in [1.54, 1.807) is 14.2 Å². The second kappa shape index (κ2) is 7.93. The van der Waals surface area contributed by atoms with Crippen molar-refractivity contribution in [3.8, 4) is 11.5 Å². The van der Waals surface area contributed by atoms with Crippen LogP contribution in [0.15, 0.2) is 60.7 Å². The molecule has 1 aliphatic heterocycles. The summed E-state index contributed by atoms with van der Waals surface area (Å²) in [6, 6.07) is 20.4. The maximum absolute atomic E-state index is 12.9. The molecule has 1 heterocycles. The fourth-order valence-electron chi connectivity index (χ4n) is 4.16. The molecule has 0 spiro atoms. The maximum Gasteiger partial charge on any atom is 0.223 e. The number of ether oxygens (including phenoxy) is 2. The molecule has 1 atom stereocenters. The fraction of sp³-hybridized carbons (Fsp3) is 0.292. The molecular weight excluding hydrogens is 350 g/mol. The highest BCUT2D eigenvalue weighted by atomic mass is 16.5. The van der Waals surface area contributed by atoms with Crippen LogP contribution in [-0.4, -0.2) is 25.0 Å². The van der Waals surface area contributed by atoms with Crippen LogP contribution < -0.4 is 9.47 Å². The van der Waals surface area contributed by atoms with E-state index < -0.39 is 0 Å². The number of benzene rings is 3. The molecule has 3 aromatic rings. The predicted octanol–water partition coefficient (Wildman–Crippen LogP) is 5.11. The SMILES string of the molecule is COc1cccc(OC)c1[C@H]1CCCC(=O)N1Cc1ccc2ccccc2c1. The van der Waals surface area contributed by atoms with Crippen LogP contribution >= 0.6 is 0 Å². The third-order valence-electron chi connectivity index (χ3n) is 5.53. The monoisotopic (exact) mass is 375 g/mol. The predicted molar refractivity (Wildman–Crippen MR) is 111 cm³/mol. The van der Waals surface area contributed by atoms with Gasteiger partial charge < -0.3 is 14.4 Å². The zero-order valence-electron chi connectivity index (χ0n) is 16.4. The number of piperidine rings is 1. The van der Waals surface area contributed by atoms with Crippen molar-refractivity contribution < 1.29 is 14.3 Å². The van der Waals surface area contributed by atoms with Gasteiger partial charge in [0.15, 0.2) is 0 Å². The van der Waals surface area contributed by atoms with Crippen LogP contribution in [0.2, 0.25) is 0 Å². The molecule has 0 unspecified atom stereocenters. The lowest BCUT2D eigenvalue weighted by Crippen LogP contribution is -2.38. The Bertz CT molecular complexity index is 976. The second-order valence-electron chi connectivity index (χ2n) is 7.19. The minimum Gasteiger partial charge on any atom is -0.496 e. The summed E-state index contributed by atoms with van der Waals surface area (Å²) in [5.74, 6) is 1.71. The number of likely N-dealkylation sites (tertiary alicyclic amines) is 1. The van der Waals surface area contributed by atoms with Gasteiger partial charge in [0, 0.05) is 13.0 Å². The number of carbonyl (C=O) groups excluding carboxylic acids is 1. The normalized spacial score (nSPS) is 17.0. The molecule has 3 aromatic carbocycles. The van der Waals surface area contributed by atoms with Crippen LogP contribution in [0.4, 0.5) is 0 Å². The van der Waals surface area contributed by atoms with Gasteiger partial charge in [-0.1, -0.05) is 42.5 Å². The van der Waals surface area contributed by atoms with Gasteiger partial charge in [0.1, 0.15) is 11.5 Å². The van der Waals surface area contributed by atoms with Gasteiger partial charge in [-0.05, 0) is 47.4 Å². The Morgan fingerprint density at radius 3 is 2.36 bits per heavy atom. The number of carbonyl (C=O) groups is 1. The molecule has 4 rings (SSSR count). The zero-order chi connectivity index (χ0) is 19.5. The Morgan fingerprint density at radius 1 is 0.929 bits per heavy atom. The molecule has 0 aromatic heterocycles. The summed E-state index contributed by atoms with van der Waals surface area (Å²) in [7, 11) is 3.33. The molecule has 0 saturated carbocycles. The quantitative estimate of drug-likeness (QED) is 0.622. The lowest BCUT2D eigenvalue weighted by molar-refractivity contribution is -0.137. The molecule has 28 heavy (non-hydrogen) atoms. The van der Waals surface area contributed by atoms with Crippen molar-refractivity contribution >= 4 is 16.7 Å². The Labute approximate surface area is 165 Å². The first-order valence-corrected chi connectivity index (χ1v) is 9.69. The van der Waals surface area contributed by atoms with E-state index in [0.717, 1.165) is 35.5 Å². The van der Waals surface area contributed by atoms with E-state index in [-0.39, 0.29) is 11.9 Å². The fourth-order valence-corrected chi connectivity index (χ4v) is 4.16. The lowest BCUT2D eigenvalue weighted by atomic mass is 9.92. The Morgan fingerprint density at radius 2 is 1.64 bits per heavy atom. The van der Waals surface area contributed by atoms with E-state index in [0.29, 0.717) is 13.0 Å². The second-order valence-corrected chi connectivity index (χ2v) is 7.19. The molecule has 1 aliphatic rings. The van der Waals surface area contributed by atoms with E-state index >= 15 is 0 Å². The standard InChI is InChI=1S/C24H25NO3/c1-27-21-10-6-11-22(28-2)24(21)20-9-5-12-23(26)25(20)16-17-13-14-18-7-3-4-8-19(18)15-17/h3-4,6-8,10-11,13-15,20H,5,9,12,16H2,1-2H3/t20-/m1/s1.